The largest absolute Gasteiger partial charge is 0.352 e. The predicted molar refractivity (Wildman–Crippen MR) is 151 cm³/mol. The fraction of sp³-hybridized carbons (Fsp3) is 0.517. The summed E-state index contributed by atoms with van der Waals surface area (Å²) in [5, 5.41) is 2.98. The van der Waals surface area contributed by atoms with E-state index in [0.717, 1.165) is 28.1 Å². The number of rotatable bonds is 12. The van der Waals surface area contributed by atoms with Gasteiger partial charge in [0.25, 0.3) is 0 Å². The molecular formula is C29H43N3O4S. The number of anilines is 1. The third-order valence-electron chi connectivity index (χ3n) is 6.57. The molecule has 0 aliphatic heterocycles. The highest BCUT2D eigenvalue weighted by Gasteiger charge is 2.32. The van der Waals surface area contributed by atoms with Crippen LogP contribution < -0.4 is 9.62 Å². The van der Waals surface area contributed by atoms with Crippen molar-refractivity contribution in [3.05, 3.63) is 65.7 Å². The minimum Gasteiger partial charge on any atom is -0.352 e. The van der Waals surface area contributed by atoms with Crippen molar-refractivity contribution in [3.8, 4) is 0 Å². The summed E-state index contributed by atoms with van der Waals surface area (Å²) >= 11 is 0. The monoisotopic (exact) mass is 529 g/mol. The summed E-state index contributed by atoms with van der Waals surface area (Å²) in [6.07, 6.45) is 2.84. The number of carbonyl (C=O) groups excluding carboxylic acids is 2. The van der Waals surface area contributed by atoms with Gasteiger partial charge in [0.05, 0.1) is 11.9 Å². The molecule has 0 saturated carbocycles. The Labute approximate surface area is 223 Å². The van der Waals surface area contributed by atoms with E-state index in [9.17, 15) is 18.0 Å². The van der Waals surface area contributed by atoms with Gasteiger partial charge < -0.3 is 10.2 Å². The quantitative estimate of drug-likeness (QED) is 0.438. The molecule has 0 saturated heterocycles. The Morgan fingerprint density at radius 3 is 2.03 bits per heavy atom. The molecule has 2 atom stereocenters. The lowest BCUT2D eigenvalue weighted by Crippen LogP contribution is -2.54. The Morgan fingerprint density at radius 2 is 1.54 bits per heavy atom. The summed E-state index contributed by atoms with van der Waals surface area (Å²) < 4.78 is 26.7. The lowest BCUT2D eigenvalue weighted by molar-refractivity contribution is -0.139. The van der Waals surface area contributed by atoms with Crippen molar-refractivity contribution in [1.82, 2.24) is 10.2 Å². The molecule has 0 aliphatic carbocycles. The molecule has 204 valence electrons. The Balaban J connectivity index is 2.38. The third kappa shape index (κ3) is 8.88. The van der Waals surface area contributed by atoms with Crippen LogP contribution in [0.2, 0.25) is 0 Å². The van der Waals surface area contributed by atoms with Crippen molar-refractivity contribution >= 4 is 27.5 Å². The standard InChI is InChI=1S/C29H43N3O4S/c1-8-22(3)30-28(34)26(9-2)31(20-19-23-13-11-10-12-14-23)27(33)21-32(37(7,35)36)25-17-15-24(16-18-25)29(4,5)6/h10-18,22,26H,8-9,19-21H2,1-7H3,(H,30,34)/t22-,26-/m1/s1. The van der Waals surface area contributed by atoms with Crippen molar-refractivity contribution in [2.45, 2.75) is 78.3 Å². The second-order valence-electron chi connectivity index (χ2n) is 10.6. The number of nitrogens with zero attached hydrogens (tertiary/aromatic N) is 2. The lowest BCUT2D eigenvalue weighted by atomic mass is 9.87. The summed E-state index contributed by atoms with van der Waals surface area (Å²) in [4.78, 5) is 28.4. The molecule has 2 rings (SSSR count). The molecule has 2 amide bonds. The maximum Gasteiger partial charge on any atom is 0.244 e. The highest BCUT2D eigenvalue weighted by molar-refractivity contribution is 7.92. The van der Waals surface area contributed by atoms with E-state index in [1.165, 1.54) is 4.90 Å². The topological polar surface area (TPSA) is 86.8 Å². The minimum absolute atomic E-state index is 0.0264. The molecule has 0 aromatic heterocycles. The average Bonchev–Trinajstić information content (AvgIpc) is 2.84. The molecule has 0 fully saturated rings. The van der Waals surface area contributed by atoms with Crippen molar-refractivity contribution in [2.75, 3.05) is 23.7 Å². The van der Waals surface area contributed by atoms with Gasteiger partial charge in [-0.25, -0.2) is 8.42 Å². The first-order valence-electron chi connectivity index (χ1n) is 13.0. The van der Waals surface area contributed by atoms with Crippen LogP contribution in [0.5, 0.6) is 0 Å². The van der Waals surface area contributed by atoms with Crippen LogP contribution in [-0.2, 0) is 31.4 Å². The van der Waals surface area contributed by atoms with Gasteiger partial charge in [0, 0.05) is 12.6 Å². The first-order chi connectivity index (χ1) is 17.3. The van der Waals surface area contributed by atoms with E-state index in [0.29, 0.717) is 25.1 Å². The van der Waals surface area contributed by atoms with Gasteiger partial charge in [0.2, 0.25) is 21.8 Å². The Kier molecular flexibility index (Phi) is 10.7. The highest BCUT2D eigenvalue weighted by atomic mass is 32.2. The van der Waals surface area contributed by atoms with E-state index in [1.807, 2.05) is 63.2 Å². The van der Waals surface area contributed by atoms with E-state index in [1.54, 1.807) is 12.1 Å². The zero-order chi connectivity index (χ0) is 27.8. The molecule has 2 aromatic carbocycles. The fourth-order valence-corrected chi connectivity index (χ4v) is 4.93. The Hall–Kier alpha value is -2.87. The number of amides is 2. The van der Waals surface area contributed by atoms with Gasteiger partial charge in [0.15, 0.2) is 0 Å². The zero-order valence-electron chi connectivity index (χ0n) is 23.3. The molecule has 0 heterocycles. The van der Waals surface area contributed by atoms with Crippen LogP contribution in [0.15, 0.2) is 54.6 Å². The molecule has 37 heavy (non-hydrogen) atoms. The number of benzene rings is 2. The van der Waals surface area contributed by atoms with E-state index in [-0.39, 0.29) is 23.9 Å². The average molecular weight is 530 g/mol. The molecule has 0 spiro atoms. The molecule has 8 heteroatoms. The SMILES string of the molecule is CC[C@@H](C)NC(=O)[C@@H](CC)N(CCc1ccccc1)C(=O)CN(c1ccc(C(C)(C)C)cc1)S(C)(=O)=O. The summed E-state index contributed by atoms with van der Waals surface area (Å²) in [5.41, 5.74) is 2.43. The van der Waals surface area contributed by atoms with Crippen LogP contribution in [0, 0.1) is 0 Å². The van der Waals surface area contributed by atoms with Gasteiger partial charge in [-0.2, -0.15) is 0 Å². The first kappa shape index (κ1) is 30.4. The highest BCUT2D eigenvalue weighted by Crippen LogP contribution is 2.26. The molecule has 1 N–H and O–H groups in total. The Morgan fingerprint density at radius 1 is 0.946 bits per heavy atom. The second-order valence-corrected chi connectivity index (χ2v) is 12.5. The molecule has 0 radical (unpaired) electrons. The van der Waals surface area contributed by atoms with Gasteiger partial charge in [-0.3, -0.25) is 13.9 Å². The lowest BCUT2D eigenvalue weighted by Gasteiger charge is -2.33. The summed E-state index contributed by atoms with van der Waals surface area (Å²) in [5.74, 6) is -0.633. The maximum absolute atomic E-state index is 13.7. The van der Waals surface area contributed by atoms with Crippen LogP contribution in [0.1, 0.15) is 65.5 Å². The molecular weight excluding hydrogens is 486 g/mol. The van der Waals surface area contributed by atoms with Crippen molar-refractivity contribution in [3.63, 3.8) is 0 Å². The number of carbonyl (C=O) groups is 2. The number of sulfonamides is 1. The van der Waals surface area contributed by atoms with E-state index in [2.05, 4.69) is 26.1 Å². The van der Waals surface area contributed by atoms with Gasteiger partial charge in [0.1, 0.15) is 12.6 Å². The Bertz CT molecular complexity index is 1130. The van der Waals surface area contributed by atoms with Crippen LogP contribution >= 0.6 is 0 Å². The van der Waals surface area contributed by atoms with Crippen molar-refractivity contribution in [2.24, 2.45) is 0 Å². The van der Waals surface area contributed by atoms with Crippen LogP contribution in [0.25, 0.3) is 0 Å². The normalized spacial score (nSPS) is 13.5. The maximum atomic E-state index is 13.7. The molecule has 0 bridgehead atoms. The minimum atomic E-state index is -3.75. The second kappa shape index (κ2) is 13.1. The predicted octanol–water partition coefficient (Wildman–Crippen LogP) is 4.51. The van der Waals surface area contributed by atoms with Crippen LogP contribution in [0.3, 0.4) is 0 Å². The summed E-state index contributed by atoms with van der Waals surface area (Å²) in [6.45, 7) is 11.9. The van der Waals surface area contributed by atoms with Crippen molar-refractivity contribution in [1.29, 1.82) is 0 Å². The fourth-order valence-electron chi connectivity index (χ4n) is 4.08. The van der Waals surface area contributed by atoms with Crippen LogP contribution in [-0.4, -0.2) is 56.6 Å². The van der Waals surface area contributed by atoms with E-state index < -0.39 is 22.0 Å². The third-order valence-corrected chi connectivity index (χ3v) is 7.71. The summed E-state index contributed by atoms with van der Waals surface area (Å²) in [7, 11) is -3.75. The molecule has 2 aromatic rings. The van der Waals surface area contributed by atoms with Gasteiger partial charge in [-0.15, -0.1) is 0 Å². The van der Waals surface area contributed by atoms with E-state index >= 15 is 0 Å². The number of nitrogens with one attached hydrogen (secondary N) is 1. The van der Waals surface area contributed by atoms with Gasteiger partial charge in [-0.05, 0) is 54.9 Å². The van der Waals surface area contributed by atoms with E-state index in [4.69, 9.17) is 0 Å². The molecule has 7 nitrogen and oxygen atoms in total. The summed E-state index contributed by atoms with van der Waals surface area (Å²) in [6, 6.07) is 16.3. The molecule has 0 aliphatic rings. The number of hydrogen-bond acceptors (Lipinski definition) is 4. The number of hydrogen-bond donors (Lipinski definition) is 1. The van der Waals surface area contributed by atoms with Crippen LogP contribution in [0.4, 0.5) is 5.69 Å². The van der Waals surface area contributed by atoms with Crippen molar-refractivity contribution < 1.29 is 18.0 Å². The molecule has 0 unspecified atom stereocenters. The van der Waals surface area contributed by atoms with Gasteiger partial charge in [-0.1, -0.05) is 77.1 Å². The first-order valence-corrected chi connectivity index (χ1v) is 14.8. The zero-order valence-corrected chi connectivity index (χ0v) is 24.1. The van der Waals surface area contributed by atoms with Gasteiger partial charge >= 0.3 is 0 Å². The smallest absolute Gasteiger partial charge is 0.244 e.